The molecule has 1 saturated carbocycles. The number of amides is 1. The molecule has 1 aromatic heterocycles. The number of carbonyl (C=O) groups is 1. The van der Waals surface area contributed by atoms with Crippen molar-refractivity contribution >= 4 is 11.7 Å². The maximum absolute atomic E-state index is 12.7. The minimum absolute atomic E-state index is 0.0961. The molecule has 0 atom stereocenters. The molecule has 2 aliphatic rings. The Balaban J connectivity index is 1.50. The van der Waals surface area contributed by atoms with Crippen molar-refractivity contribution in [1.29, 1.82) is 0 Å². The second-order valence-corrected chi connectivity index (χ2v) is 6.60. The number of nitrogens with one attached hydrogen (secondary N) is 2. The third-order valence-corrected chi connectivity index (χ3v) is 4.86. The molecule has 5 nitrogen and oxygen atoms in total. The Kier molecular flexibility index (Phi) is 3.94. The lowest BCUT2D eigenvalue weighted by Crippen LogP contribution is -2.59. The summed E-state index contributed by atoms with van der Waals surface area (Å²) in [6, 6.07) is 14.1. The Labute approximate surface area is 141 Å². The van der Waals surface area contributed by atoms with Gasteiger partial charge < -0.3 is 15.4 Å². The number of rotatable bonds is 5. The highest BCUT2D eigenvalue weighted by molar-refractivity contribution is 5.95. The lowest BCUT2D eigenvalue weighted by atomic mass is 9.87. The van der Waals surface area contributed by atoms with Crippen LogP contribution in [-0.2, 0) is 10.3 Å². The Morgan fingerprint density at radius 2 is 1.96 bits per heavy atom. The van der Waals surface area contributed by atoms with Gasteiger partial charge in [-0.2, -0.15) is 0 Å². The van der Waals surface area contributed by atoms with Crippen LogP contribution in [0.5, 0.6) is 0 Å². The van der Waals surface area contributed by atoms with Gasteiger partial charge in [-0.3, -0.25) is 4.79 Å². The summed E-state index contributed by atoms with van der Waals surface area (Å²) in [4.78, 5) is 17.0. The van der Waals surface area contributed by atoms with Crippen LogP contribution in [0.3, 0.4) is 0 Å². The number of aromatic nitrogens is 1. The van der Waals surface area contributed by atoms with Gasteiger partial charge in [0.1, 0.15) is 11.4 Å². The van der Waals surface area contributed by atoms with Gasteiger partial charge in [0.2, 0.25) is 0 Å². The van der Waals surface area contributed by atoms with E-state index in [0.717, 1.165) is 11.4 Å². The molecule has 2 N–H and O–H groups in total. The van der Waals surface area contributed by atoms with Crippen molar-refractivity contribution in [3.8, 4) is 0 Å². The minimum atomic E-state index is -0.427. The molecule has 0 unspecified atom stereocenters. The molecule has 4 rings (SSSR count). The summed E-state index contributed by atoms with van der Waals surface area (Å²) in [7, 11) is 0. The summed E-state index contributed by atoms with van der Waals surface area (Å²) in [5, 5.41) is 6.53. The molecule has 1 aromatic carbocycles. The summed E-state index contributed by atoms with van der Waals surface area (Å²) in [6.45, 7) is 1.00. The Bertz CT molecular complexity index is 724. The van der Waals surface area contributed by atoms with Crippen molar-refractivity contribution in [3.63, 3.8) is 0 Å². The fourth-order valence-electron chi connectivity index (χ4n) is 3.08. The van der Waals surface area contributed by atoms with Gasteiger partial charge in [-0.1, -0.05) is 30.3 Å². The van der Waals surface area contributed by atoms with Crippen LogP contribution in [0.15, 0.2) is 48.7 Å². The normalized spacial score (nSPS) is 19.0. The van der Waals surface area contributed by atoms with E-state index in [-0.39, 0.29) is 5.91 Å². The van der Waals surface area contributed by atoms with Gasteiger partial charge in [-0.15, -0.1) is 0 Å². The van der Waals surface area contributed by atoms with E-state index in [1.165, 1.54) is 19.3 Å². The monoisotopic (exact) mass is 323 g/mol. The molecule has 1 saturated heterocycles. The molecule has 24 heavy (non-hydrogen) atoms. The average molecular weight is 323 g/mol. The Hall–Kier alpha value is -2.40. The quantitative estimate of drug-likeness (QED) is 0.888. The fourth-order valence-corrected chi connectivity index (χ4v) is 3.08. The SMILES string of the molecule is O=C(NC1(c2ccccc2)COC1)c1ccnc(NC2CCC2)c1. The molecule has 5 heteroatoms. The summed E-state index contributed by atoms with van der Waals surface area (Å²) in [5.74, 6) is 0.673. The van der Waals surface area contributed by atoms with Crippen molar-refractivity contribution < 1.29 is 9.53 Å². The van der Waals surface area contributed by atoms with E-state index in [2.05, 4.69) is 15.6 Å². The average Bonchev–Trinajstić information content (AvgIpc) is 2.55. The third-order valence-electron chi connectivity index (χ3n) is 4.86. The summed E-state index contributed by atoms with van der Waals surface area (Å²) >= 11 is 0. The van der Waals surface area contributed by atoms with Crippen molar-refractivity contribution in [2.24, 2.45) is 0 Å². The van der Waals surface area contributed by atoms with Crippen LogP contribution in [0, 0.1) is 0 Å². The lowest BCUT2D eigenvalue weighted by Gasteiger charge is -2.42. The minimum Gasteiger partial charge on any atom is -0.376 e. The number of ether oxygens (including phenoxy) is 1. The van der Waals surface area contributed by atoms with E-state index in [1.807, 2.05) is 36.4 Å². The van der Waals surface area contributed by atoms with Crippen molar-refractivity contribution in [3.05, 3.63) is 59.8 Å². The van der Waals surface area contributed by atoms with Gasteiger partial charge in [0.15, 0.2) is 0 Å². The largest absolute Gasteiger partial charge is 0.376 e. The molecule has 0 spiro atoms. The number of hydrogen-bond acceptors (Lipinski definition) is 4. The van der Waals surface area contributed by atoms with Crippen LogP contribution in [0.25, 0.3) is 0 Å². The highest BCUT2D eigenvalue weighted by Gasteiger charge is 2.41. The fraction of sp³-hybridized carbons (Fsp3) is 0.368. The maximum Gasteiger partial charge on any atom is 0.252 e. The van der Waals surface area contributed by atoms with Gasteiger partial charge in [0.25, 0.3) is 5.91 Å². The van der Waals surface area contributed by atoms with E-state index in [1.54, 1.807) is 12.3 Å². The zero-order chi connectivity index (χ0) is 16.4. The van der Waals surface area contributed by atoms with Crippen molar-refractivity contribution in [2.45, 2.75) is 30.8 Å². The standard InChI is InChI=1S/C19H21N3O2/c23-18(14-9-10-20-17(11-14)21-16-7-4-8-16)22-19(12-24-13-19)15-5-2-1-3-6-15/h1-3,5-6,9-11,16H,4,7-8,12-13H2,(H,20,21)(H,22,23). The van der Waals surface area contributed by atoms with Crippen molar-refractivity contribution in [1.82, 2.24) is 10.3 Å². The van der Waals surface area contributed by atoms with Gasteiger partial charge in [0.05, 0.1) is 13.2 Å². The predicted molar refractivity (Wildman–Crippen MR) is 91.9 cm³/mol. The van der Waals surface area contributed by atoms with Crippen LogP contribution in [0.2, 0.25) is 0 Å². The van der Waals surface area contributed by atoms with Crippen LogP contribution in [0.1, 0.15) is 35.2 Å². The first-order valence-electron chi connectivity index (χ1n) is 8.44. The predicted octanol–water partition coefficient (Wildman–Crippen LogP) is 2.70. The second-order valence-electron chi connectivity index (χ2n) is 6.60. The van der Waals surface area contributed by atoms with Crippen LogP contribution >= 0.6 is 0 Å². The molecule has 124 valence electrons. The number of benzene rings is 1. The molecule has 2 fully saturated rings. The first-order chi connectivity index (χ1) is 11.8. The zero-order valence-electron chi connectivity index (χ0n) is 13.5. The van der Waals surface area contributed by atoms with E-state index < -0.39 is 5.54 Å². The first kappa shape index (κ1) is 15.1. The lowest BCUT2D eigenvalue weighted by molar-refractivity contribution is -0.0733. The molecular formula is C19H21N3O2. The molecule has 0 bridgehead atoms. The summed E-state index contributed by atoms with van der Waals surface area (Å²) in [6.07, 6.45) is 5.29. The first-order valence-corrected chi connectivity index (χ1v) is 8.44. The Morgan fingerprint density at radius 1 is 1.17 bits per heavy atom. The molecule has 2 aromatic rings. The van der Waals surface area contributed by atoms with Crippen molar-refractivity contribution in [2.75, 3.05) is 18.5 Å². The third kappa shape index (κ3) is 2.87. The van der Waals surface area contributed by atoms with E-state index in [4.69, 9.17) is 4.74 Å². The maximum atomic E-state index is 12.7. The van der Waals surface area contributed by atoms with E-state index in [0.29, 0.717) is 24.8 Å². The zero-order valence-corrected chi connectivity index (χ0v) is 13.5. The number of nitrogens with zero attached hydrogens (tertiary/aromatic N) is 1. The van der Waals surface area contributed by atoms with Crippen LogP contribution < -0.4 is 10.6 Å². The van der Waals surface area contributed by atoms with Gasteiger partial charge >= 0.3 is 0 Å². The number of anilines is 1. The smallest absolute Gasteiger partial charge is 0.252 e. The van der Waals surface area contributed by atoms with Gasteiger partial charge in [-0.25, -0.2) is 4.98 Å². The molecule has 2 heterocycles. The Morgan fingerprint density at radius 3 is 2.58 bits per heavy atom. The molecule has 1 aliphatic carbocycles. The summed E-state index contributed by atoms with van der Waals surface area (Å²) < 4.78 is 5.39. The van der Waals surface area contributed by atoms with Crippen LogP contribution in [0.4, 0.5) is 5.82 Å². The number of pyridine rings is 1. The summed E-state index contributed by atoms with van der Waals surface area (Å²) in [5.41, 5.74) is 1.27. The topological polar surface area (TPSA) is 63.2 Å². The van der Waals surface area contributed by atoms with Crippen LogP contribution in [-0.4, -0.2) is 30.1 Å². The molecule has 1 amide bonds. The second kappa shape index (κ2) is 6.24. The van der Waals surface area contributed by atoms with Gasteiger partial charge in [-0.05, 0) is 37.0 Å². The van der Waals surface area contributed by atoms with E-state index in [9.17, 15) is 4.79 Å². The van der Waals surface area contributed by atoms with E-state index >= 15 is 0 Å². The number of carbonyl (C=O) groups excluding carboxylic acids is 1. The highest BCUT2D eigenvalue weighted by atomic mass is 16.5. The molecular weight excluding hydrogens is 302 g/mol. The van der Waals surface area contributed by atoms with Gasteiger partial charge in [0, 0.05) is 17.8 Å². The highest BCUT2D eigenvalue weighted by Crippen LogP contribution is 2.30. The molecule has 1 aliphatic heterocycles. The molecule has 0 radical (unpaired) electrons. The number of hydrogen-bond donors (Lipinski definition) is 2.